The van der Waals surface area contributed by atoms with E-state index in [1.54, 1.807) is 5.10 Å². The Hall–Kier alpha value is -3.37. The lowest BCUT2D eigenvalue weighted by molar-refractivity contribution is -0.143. The first-order chi connectivity index (χ1) is 15.3. The van der Waals surface area contributed by atoms with Crippen molar-refractivity contribution in [2.24, 2.45) is 0 Å². The van der Waals surface area contributed by atoms with Crippen LogP contribution < -0.4 is 5.32 Å². The standard InChI is InChI=1S/C22H20F3N3O4/c23-22(24,25)20-16(9-27-28-20)19(30)18(29)10-26-21(31)32-11-17-14-7-3-1-5-12(14)13-6-2-4-8-15(13)17/h1-9,17-19,29-30H,10-11H2,(H,26,31)(H,27,28). The minimum absolute atomic E-state index is 0.0401. The molecule has 1 heterocycles. The molecule has 168 valence electrons. The number of aromatic amines is 1. The molecule has 2 unspecified atom stereocenters. The van der Waals surface area contributed by atoms with Crippen LogP contribution in [0.5, 0.6) is 0 Å². The fourth-order valence-electron chi connectivity index (χ4n) is 3.90. The lowest BCUT2D eigenvalue weighted by Gasteiger charge is -2.19. The molecule has 0 radical (unpaired) electrons. The van der Waals surface area contributed by atoms with Crippen LogP contribution in [0.25, 0.3) is 11.1 Å². The Morgan fingerprint density at radius 3 is 2.28 bits per heavy atom. The summed E-state index contributed by atoms with van der Waals surface area (Å²) >= 11 is 0. The van der Waals surface area contributed by atoms with Crippen LogP contribution in [-0.4, -0.2) is 45.8 Å². The quantitative estimate of drug-likeness (QED) is 0.464. The van der Waals surface area contributed by atoms with Crippen molar-refractivity contribution in [1.82, 2.24) is 15.5 Å². The molecule has 0 fully saturated rings. The van der Waals surface area contributed by atoms with Gasteiger partial charge < -0.3 is 20.3 Å². The van der Waals surface area contributed by atoms with Crippen LogP contribution in [0, 0.1) is 0 Å². The number of fused-ring (bicyclic) bond motifs is 3. The average Bonchev–Trinajstić information content (AvgIpc) is 3.39. The van der Waals surface area contributed by atoms with E-state index in [0.29, 0.717) is 0 Å². The van der Waals surface area contributed by atoms with Crippen LogP contribution in [0.1, 0.15) is 34.4 Å². The first-order valence-electron chi connectivity index (χ1n) is 9.82. The summed E-state index contributed by atoms with van der Waals surface area (Å²) in [5.41, 5.74) is 2.31. The molecule has 7 nitrogen and oxygen atoms in total. The van der Waals surface area contributed by atoms with Gasteiger partial charge in [0, 0.05) is 18.0 Å². The number of benzene rings is 2. The van der Waals surface area contributed by atoms with Crippen molar-refractivity contribution in [2.45, 2.75) is 24.3 Å². The zero-order valence-corrected chi connectivity index (χ0v) is 16.6. The third-order valence-corrected chi connectivity index (χ3v) is 5.43. The summed E-state index contributed by atoms with van der Waals surface area (Å²) in [4.78, 5) is 12.1. The second-order valence-electron chi connectivity index (χ2n) is 7.42. The second-order valence-corrected chi connectivity index (χ2v) is 7.42. The van der Waals surface area contributed by atoms with Gasteiger partial charge in [0.25, 0.3) is 0 Å². The minimum Gasteiger partial charge on any atom is -0.449 e. The smallest absolute Gasteiger partial charge is 0.433 e. The Morgan fingerprint density at radius 2 is 1.69 bits per heavy atom. The molecule has 4 N–H and O–H groups in total. The van der Waals surface area contributed by atoms with Gasteiger partial charge in [0.05, 0.1) is 6.20 Å². The molecule has 4 rings (SSSR count). The molecule has 1 aromatic heterocycles. The van der Waals surface area contributed by atoms with Crippen LogP contribution >= 0.6 is 0 Å². The molecule has 1 amide bonds. The topological polar surface area (TPSA) is 107 Å². The van der Waals surface area contributed by atoms with Crippen molar-refractivity contribution >= 4 is 6.09 Å². The summed E-state index contributed by atoms with van der Waals surface area (Å²) in [6.45, 7) is -0.473. The maximum atomic E-state index is 12.9. The molecule has 10 heteroatoms. The van der Waals surface area contributed by atoms with E-state index in [2.05, 4.69) is 10.4 Å². The first-order valence-corrected chi connectivity index (χ1v) is 9.82. The lowest BCUT2D eigenvalue weighted by Crippen LogP contribution is -2.36. The predicted octanol–water partition coefficient (Wildman–Crippen LogP) is 3.36. The highest BCUT2D eigenvalue weighted by atomic mass is 19.4. The van der Waals surface area contributed by atoms with Gasteiger partial charge in [-0.3, -0.25) is 5.10 Å². The van der Waals surface area contributed by atoms with Crippen LogP contribution in [0.3, 0.4) is 0 Å². The Kier molecular flexibility index (Phi) is 5.90. The molecule has 3 aromatic rings. The van der Waals surface area contributed by atoms with E-state index >= 15 is 0 Å². The number of nitrogens with zero attached hydrogens (tertiary/aromatic N) is 1. The van der Waals surface area contributed by atoms with E-state index in [1.165, 1.54) is 0 Å². The van der Waals surface area contributed by atoms with Gasteiger partial charge in [-0.15, -0.1) is 0 Å². The van der Waals surface area contributed by atoms with Gasteiger partial charge in [-0.05, 0) is 22.3 Å². The minimum atomic E-state index is -4.77. The highest BCUT2D eigenvalue weighted by Crippen LogP contribution is 2.44. The van der Waals surface area contributed by atoms with E-state index in [9.17, 15) is 28.2 Å². The molecule has 0 saturated carbocycles. The predicted molar refractivity (Wildman–Crippen MR) is 108 cm³/mol. The number of hydrogen-bond acceptors (Lipinski definition) is 5. The SMILES string of the molecule is O=C(NCC(O)C(O)c1cn[nH]c1C(F)(F)F)OCC1c2ccccc2-c2ccccc21. The Bertz CT molecular complexity index is 1070. The first kappa shape index (κ1) is 21.8. The van der Waals surface area contributed by atoms with Crippen LogP contribution in [0.2, 0.25) is 0 Å². The molecule has 0 bridgehead atoms. The number of aromatic nitrogens is 2. The van der Waals surface area contributed by atoms with Gasteiger partial charge in [-0.1, -0.05) is 48.5 Å². The normalized spacial score (nSPS) is 15.0. The van der Waals surface area contributed by atoms with Crippen molar-refractivity contribution in [3.63, 3.8) is 0 Å². The van der Waals surface area contributed by atoms with Gasteiger partial charge in [0.2, 0.25) is 0 Å². The van der Waals surface area contributed by atoms with E-state index in [1.807, 2.05) is 48.5 Å². The summed E-state index contributed by atoms with van der Waals surface area (Å²) in [6, 6.07) is 15.6. The van der Waals surface area contributed by atoms with E-state index in [4.69, 9.17) is 4.74 Å². The molecular formula is C22H20F3N3O4. The monoisotopic (exact) mass is 447 g/mol. The number of H-pyrrole nitrogens is 1. The number of carbonyl (C=O) groups excluding carboxylic acids is 1. The van der Waals surface area contributed by atoms with Gasteiger partial charge in [0.1, 0.15) is 24.5 Å². The van der Waals surface area contributed by atoms with Crippen LogP contribution in [0.15, 0.2) is 54.7 Å². The number of ether oxygens (including phenoxy) is 1. The number of aliphatic hydroxyl groups excluding tert-OH is 2. The van der Waals surface area contributed by atoms with Crippen LogP contribution in [0.4, 0.5) is 18.0 Å². The fraction of sp³-hybridized carbons (Fsp3) is 0.273. The lowest BCUT2D eigenvalue weighted by atomic mass is 9.98. The number of halogens is 3. The molecule has 1 aliphatic carbocycles. The van der Waals surface area contributed by atoms with E-state index in [0.717, 1.165) is 28.5 Å². The van der Waals surface area contributed by atoms with Crippen molar-refractivity contribution in [2.75, 3.05) is 13.2 Å². The Labute approximate surface area is 180 Å². The summed E-state index contributed by atoms with van der Waals surface area (Å²) in [5, 5.41) is 27.4. The van der Waals surface area contributed by atoms with Crippen molar-refractivity contribution < 1.29 is 32.9 Å². The molecule has 32 heavy (non-hydrogen) atoms. The highest BCUT2D eigenvalue weighted by Gasteiger charge is 2.38. The maximum Gasteiger partial charge on any atom is 0.433 e. The maximum absolute atomic E-state index is 12.9. The number of alkyl halides is 3. The van der Waals surface area contributed by atoms with Gasteiger partial charge in [-0.25, -0.2) is 4.79 Å². The number of rotatable bonds is 6. The highest BCUT2D eigenvalue weighted by molar-refractivity contribution is 5.79. The summed E-state index contributed by atoms with van der Waals surface area (Å²) < 4.78 is 44.1. The molecule has 0 spiro atoms. The molecular weight excluding hydrogens is 427 g/mol. The largest absolute Gasteiger partial charge is 0.449 e. The average molecular weight is 447 g/mol. The second kappa shape index (κ2) is 8.64. The van der Waals surface area contributed by atoms with E-state index in [-0.39, 0.29) is 12.5 Å². The number of amides is 1. The Morgan fingerprint density at radius 1 is 1.09 bits per heavy atom. The van der Waals surface area contributed by atoms with E-state index < -0.39 is 42.3 Å². The zero-order chi connectivity index (χ0) is 22.9. The van der Waals surface area contributed by atoms with Gasteiger partial charge in [-0.2, -0.15) is 18.3 Å². The number of carbonyl (C=O) groups is 1. The number of alkyl carbamates (subject to hydrolysis) is 1. The summed E-state index contributed by atoms with van der Waals surface area (Å²) in [5.74, 6) is -0.163. The summed E-state index contributed by atoms with van der Waals surface area (Å²) in [7, 11) is 0. The van der Waals surface area contributed by atoms with Gasteiger partial charge >= 0.3 is 12.3 Å². The molecule has 2 aromatic carbocycles. The zero-order valence-electron chi connectivity index (χ0n) is 16.6. The van der Waals surface area contributed by atoms with Gasteiger partial charge in [0.15, 0.2) is 0 Å². The summed E-state index contributed by atoms with van der Waals surface area (Å²) in [6.07, 6.45) is -8.45. The Balaban J connectivity index is 1.35. The third kappa shape index (κ3) is 4.19. The third-order valence-electron chi connectivity index (χ3n) is 5.43. The molecule has 0 aliphatic heterocycles. The van der Waals surface area contributed by atoms with Crippen LogP contribution in [-0.2, 0) is 10.9 Å². The van der Waals surface area contributed by atoms with Crippen molar-refractivity contribution in [3.8, 4) is 11.1 Å². The van der Waals surface area contributed by atoms with Crippen molar-refractivity contribution in [1.29, 1.82) is 0 Å². The molecule has 1 aliphatic rings. The molecule has 0 saturated heterocycles. The number of aliphatic hydroxyl groups is 2. The number of nitrogens with one attached hydrogen (secondary N) is 2. The fourth-order valence-corrected chi connectivity index (χ4v) is 3.90. The molecule has 2 atom stereocenters. The van der Waals surface area contributed by atoms with Crippen molar-refractivity contribution in [3.05, 3.63) is 77.1 Å². The number of hydrogen-bond donors (Lipinski definition) is 4.